The Morgan fingerprint density at radius 3 is 2.32 bits per heavy atom. The van der Waals surface area contributed by atoms with Gasteiger partial charge < -0.3 is 5.32 Å². The number of anilines is 1. The smallest absolute Gasteiger partial charge is 0.255 e. The molecular formula is C21H23N3O. The molecular weight excluding hydrogens is 310 g/mol. The number of amides is 1. The van der Waals surface area contributed by atoms with Crippen molar-refractivity contribution in [1.82, 2.24) is 9.97 Å². The topological polar surface area (TPSA) is 54.9 Å². The summed E-state index contributed by atoms with van der Waals surface area (Å²) in [4.78, 5) is 22.0. The van der Waals surface area contributed by atoms with Gasteiger partial charge in [-0.3, -0.25) is 4.79 Å². The Hall–Kier alpha value is -2.75. The summed E-state index contributed by atoms with van der Waals surface area (Å²) in [7, 11) is 0. The molecule has 4 nitrogen and oxygen atoms in total. The van der Waals surface area contributed by atoms with E-state index in [2.05, 4.69) is 24.1 Å². The highest BCUT2D eigenvalue weighted by atomic mass is 16.1. The second kappa shape index (κ2) is 7.01. The summed E-state index contributed by atoms with van der Waals surface area (Å²) >= 11 is 0. The Labute approximate surface area is 148 Å². The second-order valence-corrected chi connectivity index (χ2v) is 6.23. The van der Waals surface area contributed by atoms with Gasteiger partial charge in [0.2, 0.25) is 0 Å². The lowest BCUT2D eigenvalue weighted by Crippen LogP contribution is -2.13. The van der Waals surface area contributed by atoms with Gasteiger partial charge in [0, 0.05) is 11.3 Å². The average Bonchev–Trinajstić information content (AvgIpc) is 2.63. The van der Waals surface area contributed by atoms with Crippen LogP contribution < -0.4 is 5.32 Å². The molecule has 128 valence electrons. The van der Waals surface area contributed by atoms with E-state index in [1.807, 2.05) is 50.2 Å². The number of hydrogen-bond acceptors (Lipinski definition) is 3. The van der Waals surface area contributed by atoms with Crippen LogP contribution in [0.3, 0.4) is 0 Å². The van der Waals surface area contributed by atoms with Crippen LogP contribution in [0.25, 0.3) is 11.0 Å². The first-order valence-corrected chi connectivity index (χ1v) is 8.70. The third-order valence-corrected chi connectivity index (χ3v) is 4.60. The van der Waals surface area contributed by atoms with Crippen molar-refractivity contribution < 1.29 is 4.79 Å². The molecule has 4 heteroatoms. The number of aryl methyl sites for hydroxylation is 3. The number of rotatable bonds is 4. The third kappa shape index (κ3) is 3.38. The molecule has 0 fully saturated rings. The van der Waals surface area contributed by atoms with E-state index >= 15 is 0 Å². The van der Waals surface area contributed by atoms with Gasteiger partial charge in [-0.2, -0.15) is 0 Å². The van der Waals surface area contributed by atoms with E-state index in [1.165, 1.54) is 0 Å². The maximum Gasteiger partial charge on any atom is 0.255 e. The first-order valence-electron chi connectivity index (χ1n) is 8.70. The van der Waals surface area contributed by atoms with Crippen LogP contribution in [-0.4, -0.2) is 15.9 Å². The van der Waals surface area contributed by atoms with Crippen LogP contribution in [0.5, 0.6) is 0 Å². The minimum atomic E-state index is -0.130. The lowest BCUT2D eigenvalue weighted by atomic mass is 10.1. The van der Waals surface area contributed by atoms with Gasteiger partial charge in [0.05, 0.1) is 22.4 Å². The number of fused-ring (bicyclic) bond motifs is 1. The van der Waals surface area contributed by atoms with Gasteiger partial charge in [0.15, 0.2) is 0 Å². The molecule has 0 saturated heterocycles. The fourth-order valence-electron chi connectivity index (χ4n) is 2.92. The molecule has 0 aliphatic heterocycles. The van der Waals surface area contributed by atoms with Gasteiger partial charge in [0.1, 0.15) is 0 Å². The van der Waals surface area contributed by atoms with Crippen molar-refractivity contribution in [2.45, 2.75) is 40.5 Å². The van der Waals surface area contributed by atoms with E-state index in [9.17, 15) is 4.79 Å². The van der Waals surface area contributed by atoms with Gasteiger partial charge >= 0.3 is 0 Å². The Morgan fingerprint density at radius 2 is 1.64 bits per heavy atom. The monoisotopic (exact) mass is 333 g/mol. The average molecular weight is 333 g/mol. The Kier molecular flexibility index (Phi) is 4.79. The number of nitrogens with zero attached hydrogens (tertiary/aromatic N) is 2. The quantitative estimate of drug-likeness (QED) is 0.758. The summed E-state index contributed by atoms with van der Waals surface area (Å²) in [6.07, 6.45) is 1.70. The normalized spacial score (nSPS) is 10.9. The first-order chi connectivity index (χ1) is 12.0. The minimum absolute atomic E-state index is 0.130. The Morgan fingerprint density at radius 1 is 0.960 bits per heavy atom. The zero-order chi connectivity index (χ0) is 18.0. The molecule has 25 heavy (non-hydrogen) atoms. The molecule has 0 bridgehead atoms. The number of aromatic nitrogens is 2. The molecule has 0 saturated carbocycles. The van der Waals surface area contributed by atoms with Crippen molar-refractivity contribution in [3.8, 4) is 0 Å². The minimum Gasteiger partial charge on any atom is -0.322 e. The summed E-state index contributed by atoms with van der Waals surface area (Å²) in [6, 6.07) is 11.4. The summed E-state index contributed by atoms with van der Waals surface area (Å²) in [5, 5.41) is 3.00. The van der Waals surface area contributed by atoms with E-state index in [0.717, 1.165) is 52.1 Å². The van der Waals surface area contributed by atoms with Crippen molar-refractivity contribution in [3.05, 3.63) is 64.5 Å². The largest absolute Gasteiger partial charge is 0.322 e. The van der Waals surface area contributed by atoms with Crippen molar-refractivity contribution in [2.24, 2.45) is 0 Å². The number of nitrogens with one attached hydrogen (secondary N) is 1. The van der Waals surface area contributed by atoms with E-state index < -0.39 is 0 Å². The molecule has 1 amide bonds. The molecule has 1 heterocycles. The van der Waals surface area contributed by atoms with Gasteiger partial charge in [-0.25, -0.2) is 9.97 Å². The maximum absolute atomic E-state index is 12.6. The van der Waals surface area contributed by atoms with Crippen molar-refractivity contribution in [1.29, 1.82) is 0 Å². The van der Waals surface area contributed by atoms with Crippen LogP contribution in [0.2, 0.25) is 0 Å². The molecule has 0 aliphatic carbocycles. The number of benzene rings is 2. The first kappa shape index (κ1) is 17.1. The van der Waals surface area contributed by atoms with E-state index in [1.54, 1.807) is 0 Å². The summed E-state index contributed by atoms with van der Waals surface area (Å²) in [6.45, 7) is 8.21. The van der Waals surface area contributed by atoms with Crippen molar-refractivity contribution >= 4 is 22.6 Å². The summed E-state index contributed by atoms with van der Waals surface area (Å²) in [5.41, 5.74) is 7.30. The van der Waals surface area contributed by atoms with Crippen molar-refractivity contribution in [3.63, 3.8) is 0 Å². The molecule has 1 N–H and O–H groups in total. The molecule has 0 unspecified atom stereocenters. The van der Waals surface area contributed by atoms with Gasteiger partial charge in [-0.15, -0.1) is 0 Å². The fraction of sp³-hybridized carbons (Fsp3) is 0.286. The van der Waals surface area contributed by atoms with Crippen LogP contribution in [0.4, 0.5) is 5.69 Å². The number of carbonyl (C=O) groups excluding carboxylic acids is 1. The lowest BCUT2D eigenvalue weighted by Gasteiger charge is -2.11. The number of hydrogen-bond donors (Lipinski definition) is 1. The van der Waals surface area contributed by atoms with Crippen LogP contribution in [0.15, 0.2) is 36.4 Å². The van der Waals surface area contributed by atoms with Crippen molar-refractivity contribution in [2.75, 3.05) is 5.32 Å². The molecule has 3 rings (SSSR count). The zero-order valence-electron chi connectivity index (χ0n) is 15.2. The van der Waals surface area contributed by atoms with Gasteiger partial charge in [-0.05, 0) is 62.1 Å². The Bertz CT molecular complexity index is 947. The highest BCUT2D eigenvalue weighted by Crippen LogP contribution is 2.20. The highest BCUT2D eigenvalue weighted by Gasteiger charge is 2.12. The lowest BCUT2D eigenvalue weighted by molar-refractivity contribution is 0.102. The summed E-state index contributed by atoms with van der Waals surface area (Å²) < 4.78 is 0. The standard InChI is InChI=1S/C21H23N3O/c1-5-16-17(6-2)23-20-12-15(10-11-19(20)22-16)21(25)24-18-9-7-8-13(3)14(18)4/h7-12H,5-6H2,1-4H3,(H,24,25). The zero-order valence-corrected chi connectivity index (χ0v) is 15.2. The number of carbonyl (C=O) groups is 1. The van der Waals surface area contributed by atoms with E-state index in [0.29, 0.717) is 5.56 Å². The van der Waals surface area contributed by atoms with Crippen LogP contribution in [0, 0.1) is 13.8 Å². The third-order valence-electron chi connectivity index (χ3n) is 4.60. The summed E-state index contributed by atoms with van der Waals surface area (Å²) in [5.74, 6) is -0.130. The van der Waals surface area contributed by atoms with Crippen LogP contribution >= 0.6 is 0 Å². The van der Waals surface area contributed by atoms with Gasteiger partial charge in [-0.1, -0.05) is 26.0 Å². The molecule has 2 aromatic carbocycles. The molecule has 0 radical (unpaired) electrons. The Balaban J connectivity index is 1.95. The van der Waals surface area contributed by atoms with Crippen LogP contribution in [-0.2, 0) is 12.8 Å². The predicted octanol–water partition coefficient (Wildman–Crippen LogP) is 4.62. The molecule has 0 atom stereocenters. The predicted molar refractivity (Wildman–Crippen MR) is 102 cm³/mol. The SMILES string of the molecule is CCc1nc2ccc(C(=O)Nc3cccc(C)c3C)cc2nc1CC. The fourth-order valence-corrected chi connectivity index (χ4v) is 2.92. The van der Waals surface area contributed by atoms with Crippen LogP contribution in [0.1, 0.15) is 46.7 Å². The highest BCUT2D eigenvalue weighted by molar-refractivity contribution is 6.06. The van der Waals surface area contributed by atoms with Gasteiger partial charge in [0.25, 0.3) is 5.91 Å². The molecule has 0 spiro atoms. The molecule has 0 aliphatic rings. The molecule has 1 aromatic heterocycles. The van der Waals surface area contributed by atoms with E-state index in [4.69, 9.17) is 4.98 Å². The second-order valence-electron chi connectivity index (χ2n) is 6.23. The maximum atomic E-state index is 12.6. The van der Waals surface area contributed by atoms with E-state index in [-0.39, 0.29) is 5.91 Å². The molecule has 3 aromatic rings.